The highest BCUT2D eigenvalue weighted by Gasteiger charge is 2.62. The minimum absolute atomic E-state index is 0.0321. The van der Waals surface area contributed by atoms with Crippen molar-refractivity contribution >= 4 is 50.5 Å². The summed E-state index contributed by atoms with van der Waals surface area (Å²) in [5.41, 5.74) is 0.446. The van der Waals surface area contributed by atoms with Gasteiger partial charge in [-0.05, 0) is 44.2 Å². The minimum atomic E-state index is -3.94. The van der Waals surface area contributed by atoms with Crippen molar-refractivity contribution in [1.29, 1.82) is 0 Å². The molecule has 290 valence electrons. The van der Waals surface area contributed by atoms with E-state index in [0.717, 1.165) is 5.56 Å². The third-order valence-corrected chi connectivity index (χ3v) is 12.3. The monoisotopic (exact) mass is 773 g/mol. The fourth-order valence-corrected chi connectivity index (χ4v) is 8.60. The van der Waals surface area contributed by atoms with Gasteiger partial charge in [0, 0.05) is 41.8 Å². The lowest BCUT2D eigenvalue weighted by Gasteiger charge is -2.29. The molecule has 0 radical (unpaired) electrons. The Morgan fingerprint density at radius 1 is 1.05 bits per heavy atom. The van der Waals surface area contributed by atoms with Gasteiger partial charge in [-0.25, -0.2) is 13.4 Å². The van der Waals surface area contributed by atoms with Crippen molar-refractivity contribution in [3.05, 3.63) is 66.7 Å². The van der Waals surface area contributed by atoms with E-state index in [4.69, 9.17) is 19.2 Å². The van der Waals surface area contributed by atoms with Crippen molar-refractivity contribution < 1.29 is 46.6 Å². The zero-order valence-corrected chi connectivity index (χ0v) is 31.3. The van der Waals surface area contributed by atoms with E-state index in [1.807, 2.05) is 30.3 Å². The van der Waals surface area contributed by atoms with Gasteiger partial charge in [0.15, 0.2) is 0 Å². The zero-order chi connectivity index (χ0) is 38.9. The van der Waals surface area contributed by atoms with Crippen LogP contribution >= 0.6 is 0 Å². The Hall–Kier alpha value is -5.51. The SMILES string of the molecule is COC(=O)C[C@@H]1NC(=O)CCCC=C[C@@H]2C[C@@]2(C(=O)NS(=O)(=O)C2CC2)NC(=O)[C@@H]2C[C@@H](Oc3cc(-c4ccccc4)nc4cc(OC)ccc34)CN2C1=O. The number of aromatic nitrogens is 1. The Kier molecular flexibility index (Phi) is 10.5. The Balaban J connectivity index is 1.24. The van der Waals surface area contributed by atoms with Crippen LogP contribution in [0.5, 0.6) is 11.5 Å². The predicted octanol–water partition coefficient (Wildman–Crippen LogP) is 2.53. The van der Waals surface area contributed by atoms with Crippen molar-refractivity contribution in [2.45, 2.75) is 80.3 Å². The van der Waals surface area contributed by atoms with Gasteiger partial charge in [-0.2, -0.15) is 0 Å². The number of carbonyl (C=O) groups is 5. The number of pyridine rings is 1. The van der Waals surface area contributed by atoms with Crippen LogP contribution in [-0.2, 0) is 38.7 Å². The van der Waals surface area contributed by atoms with E-state index in [0.29, 0.717) is 53.8 Å². The van der Waals surface area contributed by atoms with Crippen molar-refractivity contribution in [1.82, 2.24) is 25.2 Å². The van der Waals surface area contributed by atoms with Crippen LogP contribution in [0.4, 0.5) is 0 Å². The first-order chi connectivity index (χ1) is 26.4. The maximum Gasteiger partial charge on any atom is 0.308 e. The molecule has 1 aromatic heterocycles. The molecule has 7 rings (SSSR count). The molecule has 16 heteroatoms. The molecule has 55 heavy (non-hydrogen) atoms. The summed E-state index contributed by atoms with van der Waals surface area (Å²) in [6.45, 7) is -0.121. The first-order valence-corrected chi connectivity index (χ1v) is 19.9. The van der Waals surface area contributed by atoms with E-state index in [-0.39, 0.29) is 25.8 Å². The zero-order valence-electron chi connectivity index (χ0n) is 30.5. The molecule has 3 heterocycles. The van der Waals surface area contributed by atoms with E-state index in [9.17, 15) is 32.4 Å². The van der Waals surface area contributed by atoms with Crippen LogP contribution in [-0.4, -0.2) is 97.6 Å². The number of sulfonamides is 1. The summed E-state index contributed by atoms with van der Waals surface area (Å²) in [4.78, 5) is 74.1. The Morgan fingerprint density at radius 2 is 1.84 bits per heavy atom. The number of nitrogens with one attached hydrogen (secondary N) is 3. The highest BCUT2D eigenvalue weighted by atomic mass is 32.2. The van der Waals surface area contributed by atoms with E-state index in [2.05, 4.69) is 15.4 Å². The van der Waals surface area contributed by atoms with Gasteiger partial charge in [0.05, 0.1) is 43.6 Å². The Bertz CT molecular complexity index is 2160. The van der Waals surface area contributed by atoms with Crippen LogP contribution in [0.1, 0.15) is 51.4 Å². The third kappa shape index (κ3) is 8.14. The topological polar surface area (TPSA) is 199 Å². The van der Waals surface area contributed by atoms with Crippen LogP contribution in [0.15, 0.2) is 66.7 Å². The van der Waals surface area contributed by atoms with Gasteiger partial charge in [0.1, 0.15) is 35.2 Å². The molecular formula is C39H43N5O10S. The molecule has 0 unspecified atom stereocenters. The van der Waals surface area contributed by atoms with E-state index < -0.39 is 80.9 Å². The summed E-state index contributed by atoms with van der Waals surface area (Å²) in [6.07, 6.45) is 4.15. The van der Waals surface area contributed by atoms with Gasteiger partial charge in [-0.3, -0.25) is 28.7 Å². The molecule has 3 fully saturated rings. The van der Waals surface area contributed by atoms with Crippen LogP contribution < -0.4 is 24.8 Å². The van der Waals surface area contributed by atoms with Crippen LogP contribution in [0, 0.1) is 5.92 Å². The maximum atomic E-state index is 14.4. The lowest BCUT2D eigenvalue weighted by molar-refractivity contribution is -0.147. The molecule has 4 amide bonds. The summed E-state index contributed by atoms with van der Waals surface area (Å²) in [5.74, 6) is -2.98. The van der Waals surface area contributed by atoms with Crippen LogP contribution in [0.25, 0.3) is 22.2 Å². The number of carbonyl (C=O) groups excluding carboxylic acids is 5. The van der Waals surface area contributed by atoms with Crippen LogP contribution in [0.3, 0.4) is 0 Å². The minimum Gasteiger partial charge on any atom is -0.497 e. The lowest BCUT2D eigenvalue weighted by Crippen LogP contribution is -2.58. The summed E-state index contributed by atoms with van der Waals surface area (Å²) in [7, 11) is -1.21. The second-order valence-electron chi connectivity index (χ2n) is 14.4. The van der Waals surface area contributed by atoms with Crippen molar-refractivity contribution in [3.8, 4) is 22.8 Å². The third-order valence-electron chi connectivity index (χ3n) is 10.5. The largest absolute Gasteiger partial charge is 0.497 e. The van der Waals surface area contributed by atoms with Crippen molar-refractivity contribution in [3.63, 3.8) is 0 Å². The molecule has 1 saturated heterocycles. The van der Waals surface area contributed by atoms with Gasteiger partial charge in [-0.15, -0.1) is 0 Å². The second-order valence-corrected chi connectivity index (χ2v) is 16.4. The number of rotatable bonds is 9. The summed E-state index contributed by atoms with van der Waals surface area (Å²) in [5, 5.41) is 5.47. The van der Waals surface area contributed by atoms with Gasteiger partial charge in [0.2, 0.25) is 27.7 Å². The normalized spacial score (nSPS) is 25.7. The molecule has 15 nitrogen and oxygen atoms in total. The average Bonchev–Trinajstić information content (AvgIpc) is 4.10. The smallest absolute Gasteiger partial charge is 0.308 e. The van der Waals surface area contributed by atoms with E-state index in [1.165, 1.54) is 12.0 Å². The number of benzene rings is 2. The molecule has 2 saturated carbocycles. The molecule has 3 aromatic rings. The number of amides is 4. The van der Waals surface area contributed by atoms with Crippen LogP contribution in [0.2, 0.25) is 0 Å². The molecule has 4 aliphatic rings. The quantitative estimate of drug-likeness (QED) is 0.213. The molecule has 2 aliphatic heterocycles. The fourth-order valence-electron chi connectivity index (χ4n) is 7.24. The number of hydrogen-bond acceptors (Lipinski definition) is 11. The predicted molar refractivity (Wildman–Crippen MR) is 199 cm³/mol. The number of nitrogens with zero attached hydrogens (tertiary/aromatic N) is 2. The van der Waals surface area contributed by atoms with E-state index >= 15 is 0 Å². The molecule has 2 aliphatic carbocycles. The number of hydrogen-bond donors (Lipinski definition) is 3. The highest BCUT2D eigenvalue weighted by Crippen LogP contribution is 2.46. The molecule has 0 spiro atoms. The standard InChI is InChI=1S/C39H43N5O10S/c1-52-25-13-16-28-30(17-25)40-29(23-9-5-3-6-10-23)19-33(28)54-26-18-32-36(47)42-39(38(49)43-55(50,51)27-14-15-27)21-24(39)11-7-4-8-12-34(45)41-31(20-35(46)53-2)37(48)44(32)22-26/h3,5-7,9-11,13,16-17,19,24,26-27,31-32H,4,8,12,14-15,18,20-22H2,1-2H3,(H,41,45)(H,42,47)(H,43,49)/t24-,26-,31+,32+,39-/m1/s1. The Morgan fingerprint density at radius 3 is 2.56 bits per heavy atom. The first kappa shape index (κ1) is 37.8. The van der Waals surface area contributed by atoms with Gasteiger partial charge in [-0.1, -0.05) is 42.5 Å². The summed E-state index contributed by atoms with van der Waals surface area (Å²) >= 11 is 0. The number of ether oxygens (including phenoxy) is 3. The summed E-state index contributed by atoms with van der Waals surface area (Å²) in [6, 6.07) is 14.0. The van der Waals surface area contributed by atoms with Gasteiger partial charge in [0.25, 0.3) is 5.91 Å². The molecule has 3 N–H and O–H groups in total. The van der Waals surface area contributed by atoms with E-state index in [1.54, 1.807) is 43.5 Å². The first-order valence-electron chi connectivity index (χ1n) is 18.3. The molecule has 5 atom stereocenters. The number of fused-ring (bicyclic) bond motifs is 3. The molecular weight excluding hydrogens is 731 g/mol. The Labute approximate surface area is 318 Å². The van der Waals surface area contributed by atoms with Gasteiger partial charge >= 0.3 is 5.97 Å². The number of esters is 1. The van der Waals surface area contributed by atoms with Crippen molar-refractivity contribution in [2.75, 3.05) is 20.8 Å². The maximum absolute atomic E-state index is 14.4. The number of methoxy groups -OCH3 is 2. The molecule has 2 aromatic carbocycles. The molecule has 0 bridgehead atoms. The second kappa shape index (κ2) is 15.3. The highest BCUT2D eigenvalue weighted by molar-refractivity contribution is 7.91. The van der Waals surface area contributed by atoms with Crippen molar-refractivity contribution in [2.24, 2.45) is 5.92 Å². The van der Waals surface area contributed by atoms with Gasteiger partial charge < -0.3 is 29.7 Å². The fraction of sp³-hybridized carbons (Fsp3) is 0.436. The number of allylic oxidation sites excluding steroid dienone is 1. The average molecular weight is 774 g/mol. The summed E-state index contributed by atoms with van der Waals surface area (Å²) < 4.78 is 44.8. The lowest BCUT2D eigenvalue weighted by atomic mass is 10.1.